The highest BCUT2D eigenvalue weighted by molar-refractivity contribution is 6.62. The van der Waals surface area contributed by atoms with Gasteiger partial charge in [0.2, 0.25) is 0 Å². The highest BCUT2D eigenvalue weighted by Crippen LogP contribution is 2.24. The highest BCUT2D eigenvalue weighted by Gasteiger charge is 2.35. The molecule has 1 aromatic carbocycles. The van der Waals surface area contributed by atoms with Crippen LogP contribution in [0.1, 0.15) is 41.5 Å². The maximum atomic E-state index is 12.0. The molecule has 0 bridgehead atoms. The van der Waals surface area contributed by atoms with Crippen molar-refractivity contribution < 1.29 is 28.3 Å². The minimum Gasteiger partial charge on any atom is -0.468 e. The third-order valence-corrected chi connectivity index (χ3v) is 3.67. The smallest absolute Gasteiger partial charge is 0.468 e. The number of anilines is 1. The van der Waals surface area contributed by atoms with E-state index in [1.54, 1.807) is 12.1 Å². The molecule has 27 heavy (non-hydrogen) atoms. The molecule has 1 N–H and O–H groups in total. The first kappa shape index (κ1) is 21.5. The second-order valence-corrected chi connectivity index (χ2v) is 8.25. The van der Waals surface area contributed by atoms with Gasteiger partial charge in [-0.25, -0.2) is 4.79 Å². The summed E-state index contributed by atoms with van der Waals surface area (Å²) in [5, 5.41) is 2.71. The molecule has 1 heterocycles. The maximum Gasteiger partial charge on any atom is 0.497 e. The molecule has 1 amide bonds. The number of nitrogens with one attached hydrogen (secondary N) is 1. The van der Waals surface area contributed by atoms with E-state index in [0.717, 1.165) is 5.46 Å². The van der Waals surface area contributed by atoms with Crippen molar-refractivity contribution in [2.75, 3.05) is 31.9 Å². The molecule has 1 fully saturated rings. The molecule has 0 aliphatic carbocycles. The zero-order valence-electron chi connectivity index (χ0n) is 17.1. The first-order valence-corrected chi connectivity index (χ1v) is 9.17. The average Bonchev–Trinajstić information content (AvgIpc) is 2.54. The van der Waals surface area contributed by atoms with Gasteiger partial charge in [0, 0.05) is 42.5 Å². The minimum absolute atomic E-state index is 0.0267. The van der Waals surface area contributed by atoms with Gasteiger partial charge < -0.3 is 23.5 Å². The second kappa shape index (κ2) is 8.95. The summed E-state index contributed by atoms with van der Waals surface area (Å²) >= 11 is 0. The Morgan fingerprint density at radius 3 is 2.52 bits per heavy atom. The van der Waals surface area contributed by atoms with Gasteiger partial charge in [0.15, 0.2) is 6.79 Å². The summed E-state index contributed by atoms with van der Waals surface area (Å²) in [6, 6.07) is 5.29. The Labute approximate surface area is 161 Å². The number of ether oxygens (including phenoxy) is 3. The predicted molar refractivity (Wildman–Crippen MR) is 104 cm³/mol. The normalized spacial score (nSPS) is 16.7. The molecule has 7 nitrogen and oxygen atoms in total. The van der Waals surface area contributed by atoms with E-state index in [1.165, 1.54) is 0 Å². The summed E-state index contributed by atoms with van der Waals surface area (Å²) in [5.74, 6) is 0.529. The molecule has 8 heteroatoms. The Hall–Kier alpha value is -1.77. The third-order valence-electron chi connectivity index (χ3n) is 3.67. The van der Waals surface area contributed by atoms with Crippen LogP contribution in [0.5, 0.6) is 5.75 Å². The molecule has 0 aromatic heterocycles. The number of carbonyl (C=O) groups is 1. The number of amides is 1. The van der Waals surface area contributed by atoms with Crippen molar-refractivity contribution in [1.82, 2.24) is 0 Å². The van der Waals surface area contributed by atoms with Crippen LogP contribution in [-0.2, 0) is 18.8 Å². The van der Waals surface area contributed by atoms with E-state index in [-0.39, 0.29) is 12.2 Å². The van der Waals surface area contributed by atoms with Crippen LogP contribution in [-0.4, -0.2) is 45.4 Å². The van der Waals surface area contributed by atoms with Crippen LogP contribution in [0.15, 0.2) is 18.2 Å². The molecular weight excluding hydrogens is 349 g/mol. The Morgan fingerprint density at radius 2 is 1.93 bits per heavy atom. The van der Waals surface area contributed by atoms with Gasteiger partial charge in [-0.05, 0) is 33.8 Å². The lowest BCUT2D eigenvalue weighted by molar-refractivity contribution is 0.0208. The van der Waals surface area contributed by atoms with E-state index in [4.69, 9.17) is 23.5 Å². The molecule has 0 unspecified atom stereocenters. The number of hydrogen-bond acceptors (Lipinski definition) is 6. The fourth-order valence-electron chi connectivity index (χ4n) is 2.41. The van der Waals surface area contributed by atoms with E-state index in [1.807, 2.05) is 33.8 Å². The first-order valence-electron chi connectivity index (χ1n) is 9.17. The molecular formula is C19H30BNO6. The van der Waals surface area contributed by atoms with Crippen LogP contribution >= 0.6 is 0 Å². The molecule has 150 valence electrons. The Balaban J connectivity index is 2.15. The van der Waals surface area contributed by atoms with Crippen molar-refractivity contribution in [2.45, 2.75) is 47.1 Å². The van der Waals surface area contributed by atoms with Crippen LogP contribution in [0.2, 0.25) is 0 Å². The summed E-state index contributed by atoms with van der Waals surface area (Å²) in [4.78, 5) is 12.0. The topological polar surface area (TPSA) is 75.3 Å². The number of carbonyl (C=O) groups excluding carboxylic acids is 1. The quantitative estimate of drug-likeness (QED) is 0.465. The van der Waals surface area contributed by atoms with Crippen molar-refractivity contribution in [2.24, 2.45) is 5.41 Å². The van der Waals surface area contributed by atoms with Crippen LogP contribution in [0.25, 0.3) is 0 Å². The monoisotopic (exact) mass is 379 g/mol. The molecule has 0 spiro atoms. The van der Waals surface area contributed by atoms with E-state index in [9.17, 15) is 4.79 Å². The summed E-state index contributed by atoms with van der Waals surface area (Å²) in [5.41, 5.74) is 0.700. The van der Waals surface area contributed by atoms with Gasteiger partial charge in [-0.2, -0.15) is 0 Å². The van der Waals surface area contributed by atoms with Crippen LogP contribution in [0.4, 0.5) is 10.5 Å². The van der Waals surface area contributed by atoms with Gasteiger partial charge in [0.1, 0.15) is 11.4 Å². The zero-order valence-corrected chi connectivity index (χ0v) is 17.1. The largest absolute Gasteiger partial charge is 0.497 e. The lowest BCUT2D eigenvalue weighted by Gasteiger charge is -2.33. The molecule has 0 radical (unpaired) electrons. The molecule has 0 saturated carbocycles. The molecule has 2 rings (SSSR count). The van der Waals surface area contributed by atoms with E-state index >= 15 is 0 Å². The standard InChI is InChI=1S/C19H30BNO6/c1-7-23-13-24-16-10-14(21-17(22)27-18(2,3)4)8-9-15(16)20-25-11-19(5,6)12-26-20/h8-10H,7,11-13H2,1-6H3,(H,21,22). The fourth-order valence-corrected chi connectivity index (χ4v) is 2.41. The fraction of sp³-hybridized carbons (Fsp3) is 0.632. The molecule has 1 aliphatic heterocycles. The van der Waals surface area contributed by atoms with Crippen molar-refractivity contribution >= 4 is 24.4 Å². The van der Waals surface area contributed by atoms with Crippen LogP contribution < -0.4 is 15.5 Å². The van der Waals surface area contributed by atoms with Crippen molar-refractivity contribution in [3.05, 3.63) is 18.2 Å². The van der Waals surface area contributed by atoms with Gasteiger partial charge in [0.25, 0.3) is 0 Å². The Bertz CT molecular complexity index is 634. The summed E-state index contributed by atoms with van der Waals surface area (Å²) in [7, 11) is -0.523. The van der Waals surface area contributed by atoms with Crippen molar-refractivity contribution in [1.29, 1.82) is 0 Å². The molecule has 1 saturated heterocycles. The Morgan fingerprint density at radius 1 is 1.26 bits per heavy atom. The lowest BCUT2D eigenvalue weighted by atomic mass is 9.75. The first-order chi connectivity index (χ1) is 12.6. The van der Waals surface area contributed by atoms with E-state index in [0.29, 0.717) is 31.3 Å². The number of hydrogen-bond donors (Lipinski definition) is 1. The SMILES string of the molecule is CCOCOc1cc(NC(=O)OC(C)(C)C)ccc1B1OCC(C)(C)CO1. The lowest BCUT2D eigenvalue weighted by Crippen LogP contribution is -2.47. The Kier molecular flexibility index (Phi) is 7.14. The highest BCUT2D eigenvalue weighted by atomic mass is 16.7. The summed E-state index contributed by atoms with van der Waals surface area (Å²) < 4.78 is 28.0. The van der Waals surface area contributed by atoms with Crippen molar-refractivity contribution in [3.8, 4) is 5.75 Å². The summed E-state index contributed by atoms with van der Waals surface area (Å²) in [6.45, 7) is 13.3. The molecule has 1 aromatic rings. The molecule has 0 atom stereocenters. The summed E-state index contributed by atoms with van der Waals surface area (Å²) in [6.07, 6.45) is -0.530. The van der Waals surface area contributed by atoms with Gasteiger partial charge in [-0.3, -0.25) is 5.32 Å². The van der Waals surface area contributed by atoms with Crippen LogP contribution in [0.3, 0.4) is 0 Å². The van der Waals surface area contributed by atoms with Gasteiger partial charge >= 0.3 is 13.2 Å². The van der Waals surface area contributed by atoms with Gasteiger partial charge in [-0.15, -0.1) is 0 Å². The van der Waals surface area contributed by atoms with E-state index in [2.05, 4.69) is 19.2 Å². The van der Waals surface area contributed by atoms with Gasteiger partial charge in [-0.1, -0.05) is 19.9 Å². The van der Waals surface area contributed by atoms with Crippen molar-refractivity contribution in [3.63, 3.8) is 0 Å². The predicted octanol–water partition coefficient (Wildman–Crippen LogP) is 3.17. The molecule has 1 aliphatic rings. The second-order valence-electron chi connectivity index (χ2n) is 8.25. The maximum absolute atomic E-state index is 12.0. The number of rotatable bonds is 6. The average molecular weight is 379 g/mol. The number of benzene rings is 1. The minimum atomic E-state index is -0.575. The van der Waals surface area contributed by atoms with E-state index < -0.39 is 18.8 Å². The third kappa shape index (κ3) is 7.05. The zero-order chi connectivity index (χ0) is 20.1. The van der Waals surface area contributed by atoms with Gasteiger partial charge in [0.05, 0.1) is 0 Å². The van der Waals surface area contributed by atoms with Crippen LogP contribution in [0, 0.1) is 5.41 Å².